The Labute approximate surface area is 152 Å². The van der Waals surface area contributed by atoms with E-state index in [-0.39, 0.29) is 23.5 Å². The van der Waals surface area contributed by atoms with E-state index in [2.05, 4.69) is 10.4 Å². The van der Waals surface area contributed by atoms with Crippen LogP contribution in [-0.2, 0) is 9.84 Å². The Kier molecular flexibility index (Phi) is 4.90. The van der Waals surface area contributed by atoms with Gasteiger partial charge in [0.05, 0.1) is 49.2 Å². The lowest BCUT2D eigenvalue weighted by atomic mass is 10.2. The molecular weight excluding hydrogens is 358 g/mol. The van der Waals surface area contributed by atoms with Crippen molar-refractivity contribution in [2.24, 2.45) is 0 Å². The summed E-state index contributed by atoms with van der Waals surface area (Å²) in [7, 11) is 0.0325. The number of hydrogen-bond acceptors (Lipinski definition) is 6. The molecular formula is C17H21N3O5S. The van der Waals surface area contributed by atoms with Gasteiger partial charge in [-0.05, 0) is 25.5 Å². The fraction of sp³-hybridized carbons (Fsp3) is 0.412. The lowest BCUT2D eigenvalue weighted by molar-refractivity contribution is 0.102. The second kappa shape index (κ2) is 6.99. The average Bonchev–Trinajstić information content (AvgIpc) is 3.17. The van der Waals surface area contributed by atoms with Crippen LogP contribution in [-0.4, -0.2) is 49.8 Å². The topological polar surface area (TPSA) is 99.5 Å². The molecule has 2 aromatic rings. The molecule has 1 atom stereocenters. The molecule has 1 fully saturated rings. The average molecular weight is 379 g/mol. The molecule has 1 amide bonds. The lowest BCUT2D eigenvalue weighted by Gasteiger charge is -2.13. The van der Waals surface area contributed by atoms with E-state index in [4.69, 9.17) is 9.47 Å². The zero-order valence-corrected chi connectivity index (χ0v) is 15.7. The first-order valence-corrected chi connectivity index (χ1v) is 9.94. The van der Waals surface area contributed by atoms with E-state index in [1.807, 2.05) is 0 Å². The van der Waals surface area contributed by atoms with Crippen molar-refractivity contribution in [3.63, 3.8) is 0 Å². The molecule has 2 heterocycles. The molecule has 1 saturated heterocycles. The molecule has 1 aliphatic rings. The number of amides is 1. The van der Waals surface area contributed by atoms with Crippen LogP contribution in [0.5, 0.6) is 11.5 Å². The number of aromatic nitrogens is 2. The predicted octanol–water partition coefficient (Wildman–Crippen LogP) is 1.82. The molecule has 0 bridgehead atoms. The molecule has 0 radical (unpaired) electrons. The summed E-state index contributed by atoms with van der Waals surface area (Å²) in [6.45, 7) is 1.76. The third-order valence-corrected chi connectivity index (χ3v) is 6.25. The van der Waals surface area contributed by atoms with Gasteiger partial charge in [-0.2, -0.15) is 5.10 Å². The van der Waals surface area contributed by atoms with Crippen LogP contribution < -0.4 is 14.8 Å². The predicted molar refractivity (Wildman–Crippen MR) is 96.8 cm³/mol. The summed E-state index contributed by atoms with van der Waals surface area (Å²) in [4.78, 5) is 12.6. The van der Waals surface area contributed by atoms with E-state index in [1.165, 1.54) is 13.3 Å². The van der Waals surface area contributed by atoms with E-state index >= 15 is 0 Å². The van der Waals surface area contributed by atoms with Crippen molar-refractivity contribution < 1.29 is 22.7 Å². The smallest absolute Gasteiger partial charge is 0.259 e. The number of carbonyl (C=O) groups excluding carboxylic acids is 1. The van der Waals surface area contributed by atoms with Crippen molar-refractivity contribution in [3.8, 4) is 11.5 Å². The second-order valence-corrected chi connectivity index (χ2v) is 8.39. The molecule has 0 saturated carbocycles. The summed E-state index contributed by atoms with van der Waals surface area (Å²) in [6.07, 6.45) is 1.98. The number of methoxy groups -OCH3 is 2. The van der Waals surface area contributed by atoms with Crippen LogP contribution in [0.4, 0.5) is 5.69 Å². The van der Waals surface area contributed by atoms with Gasteiger partial charge in [0.15, 0.2) is 9.84 Å². The van der Waals surface area contributed by atoms with Crippen molar-refractivity contribution in [3.05, 3.63) is 35.7 Å². The number of sulfone groups is 1. The molecule has 3 rings (SSSR count). The Balaban J connectivity index is 1.81. The number of nitrogens with zero attached hydrogens (tertiary/aromatic N) is 2. The zero-order chi connectivity index (χ0) is 18.9. The van der Waals surface area contributed by atoms with Crippen molar-refractivity contribution in [2.45, 2.75) is 19.4 Å². The number of anilines is 1. The maximum absolute atomic E-state index is 12.6. The molecule has 1 aromatic heterocycles. The maximum Gasteiger partial charge on any atom is 0.259 e. The van der Waals surface area contributed by atoms with Crippen molar-refractivity contribution >= 4 is 21.4 Å². The number of rotatable bonds is 5. The Hall–Kier alpha value is -2.55. The maximum atomic E-state index is 12.6. The Morgan fingerprint density at radius 2 is 2.08 bits per heavy atom. The SMILES string of the molecule is COc1ccc(NC(=O)c2cnn(C3CCS(=O)(=O)C3)c2C)c(OC)c1. The first-order valence-electron chi connectivity index (χ1n) is 8.12. The normalized spacial score (nSPS) is 18.5. The van der Waals surface area contributed by atoms with Gasteiger partial charge in [0.2, 0.25) is 0 Å². The Morgan fingerprint density at radius 3 is 2.69 bits per heavy atom. The van der Waals surface area contributed by atoms with Crippen LogP contribution >= 0.6 is 0 Å². The molecule has 9 heteroatoms. The van der Waals surface area contributed by atoms with Crippen LogP contribution in [0.2, 0.25) is 0 Å². The van der Waals surface area contributed by atoms with Crippen LogP contribution in [0.25, 0.3) is 0 Å². The first kappa shape index (κ1) is 18.2. The van der Waals surface area contributed by atoms with Crippen LogP contribution in [0.1, 0.15) is 28.5 Å². The van der Waals surface area contributed by atoms with Gasteiger partial charge in [-0.15, -0.1) is 0 Å². The summed E-state index contributed by atoms with van der Waals surface area (Å²) < 4.78 is 35.4. The fourth-order valence-electron chi connectivity index (χ4n) is 3.07. The quantitative estimate of drug-likeness (QED) is 0.851. The minimum absolute atomic E-state index is 0.0584. The molecule has 1 aliphatic heterocycles. The molecule has 140 valence electrons. The van der Waals surface area contributed by atoms with Crippen molar-refractivity contribution in [1.29, 1.82) is 0 Å². The van der Waals surface area contributed by atoms with Crippen LogP contribution in [0.3, 0.4) is 0 Å². The van der Waals surface area contributed by atoms with Gasteiger partial charge in [0.1, 0.15) is 11.5 Å². The van der Waals surface area contributed by atoms with E-state index in [9.17, 15) is 13.2 Å². The van der Waals surface area contributed by atoms with Gasteiger partial charge >= 0.3 is 0 Å². The number of carbonyl (C=O) groups is 1. The number of nitrogens with one attached hydrogen (secondary N) is 1. The minimum Gasteiger partial charge on any atom is -0.497 e. The summed E-state index contributed by atoms with van der Waals surface area (Å²) in [5.74, 6) is 0.971. The van der Waals surface area contributed by atoms with Gasteiger partial charge in [0, 0.05) is 11.8 Å². The fourth-order valence-corrected chi connectivity index (χ4v) is 4.77. The van der Waals surface area contributed by atoms with Gasteiger partial charge in [-0.25, -0.2) is 8.42 Å². The van der Waals surface area contributed by atoms with Crippen LogP contribution in [0.15, 0.2) is 24.4 Å². The van der Waals surface area contributed by atoms with Gasteiger partial charge in [-0.3, -0.25) is 9.48 Å². The highest BCUT2D eigenvalue weighted by atomic mass is 32.2. The van der Waals surface area contributed by atoms with Gasteiger partial charge in [-0.1, -0.05) is 0 Å². The van der Waals surface area contributed by atoms with Gasteiger partial charge < -0.3 is 14.8 Å². The monoisotopic (exact) mass is 379 g/mol. The highest BCUT2D eigenvalue weighted by Gasteiger charge is 2.31. The Morgan fingerprint density at radius 1 is 1.31 bits per heavy atom. The summed E-state index contributed by atoms with van der Waals surface area (Å²) in [6, 6.07) is 4.86. The second-order valence-electron chi connectivity index (χ2n) is 6.17. The molecule has 26 heavy (non-hydrogen) atoms. The molecule has 8 nitrogen and oxygen atoms in total. The molecule has 0 spiro atoms. The molecule has 1 aromatic carbocycles. The Bertz CT molecular complexity index is 936. The van der Waals surface area contributed by atoms with E-state index in [0.717, 1.165) is 0 Å². The third kappa shape index (κ3) is 3.52. The minimum atomic E-state index is -3.03. The van der Waals surface area contributed by atoms with Crippen LogP contribution in [0, 0.1) is 6.92 Å². The molecule has 1 N–H and O–H groups in total. The van der Waals surface area contributed by atoms with Crippen molar-refractivity contribution in [1.82, 2.24) is 9.78 Å². The van der Waals surface area contributed by atoms with Crippen molar-refractivity contribution in [2.75, 3.05) is 31.0 Å². The van der Waals surface area contributed by atoms with E-state index in [1.54, 1.807) is 36.9 Å². The lowest BCUT2D eigenvalue weighted by Crippen LogP contribution is -2.16. The van der Waals surface area contributed by atoms with E-state index in [0.29, 0.717) is 34.9 Å². The summed E-state index contributed by atoms with van der Waals surface area (Å²) in [5, 5.41) is 7.04. The summed E-state index contributed by atoms with van der Waals surface area (Å²) in [5.41, 5.74) is 1.54. The third-order valence-electron chi connectivity index (χ3n) is 4.50. The largest absolute Gasteiger partial charge is 0.497 e. The van der Waals surface area contributed by atoms with Gasteiger partial charge in [0.25, 0.3) is 5.91 Å². The number of benzene rings is 1. The highest BCUT2D eigenvalue weighted by Crippen LogP contribution is 2.30. The molecule has 0 aliphatic carbocycles. The van der Waals surface area contributed by atoms with E-state index < -0.39 is 9.84 Å². The first-order chi connectivity index (χ1) is 12.3. The zero-order valence-electron chi connectivity index (χ0n) is 14.9. The number of hydrogen-bond donors (Lipinski definition) is 1. The summed E-state index contributed by atoms with van der Waals surface area (Å²) >= 11 is 0. The molecule has 1 unspecified atom stereocenters. The number of ether oxygens (including phenoxy) is 2. The standard InChI is InChI=1S/C17H21N3O5S/c1-11-14(9-18-20(11)12-6-7-26(22,23)10-12)17(21)19-15-5-4-13(24-2)8-16(15)25-3/h4-5,8-9,12H,6-7,10H2,1-3H3,(H,19,21). The highest BCUT2D eigenvalue weighted by molar-refractivity contribution is 7.91.